The van der Waals surface area contributed by atoms with E-state index in [0.717, 1.165) is 17.6 Å². The van der Waals surface area contributed by atoms with Gasteiger partial charge in [-0.25, -0.2) is 9.13 Å². The van der Waals surface area contributed by atoms with Crippen LogP contribution in [0.2, 0.25) is 10.0 Å². The van der Waals surface area contributed by atoms with E-state index in [1.54, 1.807) is 18.2 Å². The molecule has 0 bridgehead atoms. The van der Waals surface area contributed by atoms with Gasteiger partial charge in [0.2, 0.25) is 0 Å². The number of halogens is 2. The molecule has 1 atom stereocenters. The van der Waals surface area contributed by atoms with Gasteiger partial charge < -0.3 is 5.11 Å². The second-order valence-corrected chi connectivity index (χ2v) is 6.21. The number of hydrogen-bond acceptors (Lipinski definition) is 2. The molecule has 0 fully saturated rings. The van der Waals surface area contributed by atoms with Gasteiger partial charge in [0.25, 0.3) is 0 Å². The first-order valence-corrected chi connectivity index (χ1v) is 8.18. The van der Waals surface area contributed by atoms with Crippen LogP contribution in [0.5, 0.6) is 0 Å². The Hall–Kier alpha value is -1.75. The lowest BCUT2D eigenvalue weighted by Gasteiger charge is -2.11. The lowest BCUT2D eigenvalue weighted by molar-refractivity contribution is -0.666. The van der Waals surface area contributed by atoms with Crippen LogP contribution < -0.4 is 10.3 Å². The SMILES string of the molecule is CCn1c(N)[n+](CC(O)c2ccc(Cl)c(Cl)c2)c2ccccc21. The fourth-order valence-corrected chi connectivity index (χ4v) is 3.14. The Labute approximate surface area is 144 Å². The van der Waals surface area contributed by atoms with E-state index >= 15 is 0 Å². The largest absolute Gasteiger partial charge is 0.385 e. The van der Waals surface area contributed by atoms with Crippen LogP contribution in [0.15, 0.2) is 42.5 Å². The summed E-state index contributed by atoms with van der Waals surface area (Å²) in [6, 6.07) is 13.1. The van der Waals surface area contributed by atoms with Crippen molar-refractivity contribution in [3.8, 4) is 0 Å². The van der Waals surface area contributed by atoms with Gasteiger partial charge in [0.1, 0.15) is 23.7 Å². The number of aryl methyl sites for hydroxylation is 1. The Morgan fingerprint density at radius 2 is 1.91 bits per heavy atom. The van der Waals surface area contributed by atoms with Crippen molar-refractivity contribution in [2.45, 2.75) is 26.1 Å². The average molecular weight is 351 g/mol. The second kappa shape index (κ2) is 6.40. The molecule has 0 amide bonds. The number of nitrogen functional groups attached to an aromatic ring is 1. The number of nitrogens with zero attached hydrogens (tertiary/aromatic N) is 2. The van der Waals surface area contributed by atoms with Crippen molar-refractivity contribution in [1.82, 2.24) is 4.57 Å². The van der Waals surface area contributed by atoms with Crippen molar-refractivity contribution in [1.29, 1.82) is 0 Å². The number of nitrogens with two attached hydrogens (primary N) is 1. The molecule has 3 N–H and O–H groups in total. The highest BCUT2D eigenvalue weighted by Crippen LogP contribution is 2.26. The molecule has 4 nitrogen and oxygen atoms in total. The minimum atomic E-state index is -0.729. The van der Waals surface area contributed by atoms with E-state index in [0.29, 0.717) is 28.1 Å². The highest BCUT2D eigenvalue weighted by molar-refractivity contribution is 6.42. The van der Waals surface area contributed by atoms with E-state index in [1.165, 1.54) is 0 Å². The highest BCUT2D eigenvalue weighted by Gasteiger charge is 2.22. The first-order chi connectivity index (χ1) is 11.0. The van der Waals surface area contributed by atoms with Crippen LogP contribution in [-0.4, -0.2) is 9.67 Å². The van der Waals surface area contributed by atoms with Gasteiger partial charge in [-0.15, -0.1) is 0 Å². The van der Waals surface area contributed by atoms with Crippen LogP contribution in [0.1, 0.15) is 18.6 Å². The summed E-state index contributed by atoms with van der Waals surface area (Å²) in [5.74, 6) is 0.618. The van der Waals surface area contributed by atoms with Crippen LogP contribution in [0.4, 0.5) is 5.95 Å². The summed E-state index contributed by atoms with van der Waals surface area (Å²) < 4.78 is 3.95. The number of rotatable bonds is 4. The topological polar surface area (TPSA) is 55.1 Å². The highest BCUT2D eigenvalue weighted by atomic mass is 35.5. The Morgan fingerprint density at radius 3 is 2.61 bits per heavy atom. The monoisotopic (exact) mass is 350 g/mol. The molecule has 3 rings (SSSR count). The molecule has 2 aromatic carbocycles. The quantitative estimate of drug-likeness (QED) is 0.706. The van der Waals surface area contributed by atoms with Crippen LogP contribution in [-0.2, 0) is 13.1 Å². The van der Waals surface area contributed by atoms with Gasteiger partial charge in [-0.05, 0) is 36.8 Å². The van der Waals surface area contributed by atoms with Gasteiger partial charge in [0, 0.05) is 0 Å². The molecule has 0 aliphatic rings. The van der Waals surface area contributed by atoms with Crippen molar-refractivity contribution < 1.29 is 9.67 Å². The summed E-state index contributed by atoms with van der Waals surface area (Å²) in [5.41, 5.74) is 9.02. The standard InChI is InChI=1S/C17H17Cl2N3O/c1-2-21-14-5-3-4-6-15(14)22(17(21)20)10-16(23)11-7-8-12(18)13(19)9-11/h3-9,16,20,23H,2,10H2,1H3/p+1. The van der Waals surface area contributed by atoms with E-state index in [1.807, 2.05) is 40.3 Å². The first-order valence-electron chi connectivity index (χ1n) is 7.42. The molecule has 3 aromatic rings. The zero-order chi connectivity index (χ0) is 16.6. The predicted octanol–water partition coefficient (Wildman–Crippen LogP) is 3.57. The van der Waals surface area contributed by atoms with Crippen molar-refractivity contribution in [3.05, 3.63) is 58.1 Å². The van der Waals surface area contributed by atoms with E-state index < -0.39 is 6.10 Å². The smallest absolute Gasteiger partial charge is 0.356 e. The summed E-state index contributed by atoms with van der Waals surface area (Å²) in [4.78, 5) is 0. The van der Waals surface area contributed by atoms with Gasteiger partial charge >= 0.3 is 5.95 Å². The molecule has 0 aliphatic carbocycles. The summed E-state index contributed by atoms with van der Waals surface area (Å²) >= 11 is 12.0. The number of para-hydroxylation sites is 2. The average Bonchev–Trinajstić information content (AvgIpc) is 2.82. The molecule has 1 aromatic heterocycles. The van der Waals surface area contributed by atoms with Gasteiger partial charge in [-0.2, -0.15) is 0 Å². The third-order valence-corrected chi connectivity index (χ3v) is 4.76. The number of imidazole rings is 1. The molecule has 120 valence electrons. The number of hydrogen-bond donors (Lipinski definition) is 2. The van der Waals surface area contributed by atoms with Crippen molar-refractivity contribution in [2.75, 3.05) is 5.73 Å². The number of aromatic nitrogens is 2. The number of benzene rings is 2. The molecule has 0 saturated heterocycles. The van der Waals surface area contributed by atoms with E-state index in [2.05, 4.69) is 0 Å². The fourth-order valence-electron chi connectivity index (χ4n) is 2.84. The lowest BCUT2D eigenvalue weighted by Crippen LogP contribution is -2.39. The summed E-state index contributed by atoms with van der Waals surface area (Å²) in [5, 5.41) is 11.5. The van der Waals surface area contributed by atoms with Gasteiger partial charge in [-0.1, -0.05) is 41.4 Å². The van der Waals surface area contributed by atoms with E-state index in [9.17, 15) is 5.11 Å². The van der Waals surface area contributed by atoms with Crippen LogP contribution in [0, 0.1) is 0 Å². The zero-order valence-electron chi connectivity index (χ0n) is 12.7. The van der Waals surface area contributed by atoms with Crippen molar-refractivity contribution in [2.24, 2.45) is 0 Å². The molecule has 1 unspecified atom stereocenters. The molecule has 1 heterocycles. The first kappa shape index (κ1) is 16.1. The molecule has 23 heavy (non-hydrogen) atoms. The number of aliphatic hydroxyl groups excluding tert-OH is 1. The summed E-state index contributed by atoms with van der Waals surface area (Å²) in [7, 11) is 0. The van der Waals surface area contributed by atoms with Crippen LogP contribution >= 0.6 is 23.2 Å². The van der Waals surface area contributed by atoms with E-state index in [4.69, 9.17) is 28.9 Å². The molecule has 0 saturated carbocycles. The molecule has 0 spiro atoms. The van der Waals surface area contributed by atoms with Crippen molar-refractivity contribution in [3.63, 3.8) is 0 Å². The number of fused-ring (bicyclic) bond motifs is 1. The maximum Gasteiger partial charge on any atom is 0.356 e. The molecular weight excluding hydrogens is 333 g/mol. The van der Waals surface area contributed by atoms with Crippen LogP contribution in [0.3, 0.4) is 0 Å². The Morgan fingerprint density at radius 1 is 1.17 bits per heavy atom. The minimum absolute atomic E-state index is 0.345. The van der Waals surface area contributed by atoms with Gasteiger partial charge in [0.05, 0.1) is 16.6 Å². The van der Waals surface area contributed by atoms with Gasteiger partial charge in [-0.3, -0.25) is 5.73 Å². The molecule has 6 heteroatoms. The van der Waals surface area contributed by atoms with Crippen LogP contribution in [0.25, 0.3) is 11.0 Å². The Balaban J connectivity index is 2.01. The predicted molar refractivity (Wildman–Crippen MR) is 93.6 cm³/mol. The maximum atomic E-state index is 10.6. The second-order valence-electron chi connectivity index (χ2n) is 5.39. The van der Waals surface area contributed by atoms with Crippen molar-refractivity contribution >= 4 is 40.2 Å². The lowest BCUT2D eigenvalue weighted by atomic mass is 10.1. The molecule has 0 radical (unpaired) electrons. The maximum absolute atomic E-state index is 10.6. The normalized spacial score (nSPS) is 12.7. The summed E-state index contributed by atoms with van der Waals surface area (Å²) in [6.45, 7) is 3.15. The fraction of sp³-hybridized carbons (Fsp3) is 0.235. The molecule has 0 aliphatic heterocycles. The number of anilines is 1. The molecular formula is C17H18Cl2N3O+. The Kier molecular flexibility index (Phi) is 4.48. The zero-order valence-corrected chi connectivity index (χ0v) is 14.2. The van der Waals surface area contributed by atoms with Gasteiger partial charge in [0.15, 0.2) is 0 Å². The van der Waals surface area contributed by atoms with E-state index in [-0.39, 0.29) is 0 Å². The summed E-state index contributed by atoms with van der Waals surface area (Å²) in [6.07, 6.45) is -0.729. The minimum Gasteiger partial charge on any atom is -0.385 e. The third-order valence-electron chi connectivity index (χ3n) is 4.02. The number of aliphatic hydroxyl groups is 1. The third kappa shape index (κ3) is 2.90. The Bertz CT molecular complexity index is 860.